The topological polar surface area (TPSA) is 86.3 Å². The first-order valence-corrected chi connectivity index (χ1v) is 11.7. The number of halogens is 1. The van der Waals surface area contributed by atoms with Gasteiger partial charge in [0.15, 0.2) is 11.5 Å². The highest BCUT2D eigenvalue weighted by molar-refractivity contribution is 6.04. The molecule has 0 aliphatic carbocycles. The molecule has 0 aromatic heterocycles. The number of nitrogens with one attached hydrogen (secondary N) is 1. The lowest BCUT2D eigenvalue weighted by molar-refractivity contribution is -0.119. The largest absolute Gasteiger partial charge is 0.493 e. The van der Waals surface area contributed by atoms with E-state index in [1.54, 1.807) is 60.5 Å². The van der Waals surface area contributed by atoms with E-state index in [2.05, 4.69) is 5.32 Å². The summed E-state index contributed by atoms with van der Waals surface area (Å²) < 4.78 is 35.3. The van der Waals surface area contributed by atoms with Gasteiger partial charge < -0.3 is 29.2 Å². The Bertz CT molecular complexity index is 1250. The van der Waals surface area contributed by atoms with Crippen LogP contribution in [-0.2, 0) is 9.53 Å². The highest BCUT2D eigenvalue weighted by Crippen LogP contribution is 2.44. The van der Waals surface area contributed by atoms with Crippen molar-refractivity contribution >= 4 is 17.5 Å². The number of anilines is 1. The van der Waals surface area contributed by atoms with Crippen molar-refractivity contribution in [1.82, 2.24) is 4.90 Å². The van der Waals surface area contributed by atoms with E-state index in [1.165, 1.54) is 33.5 Å². The van der Waals surface area contributed by atoms with Gasteiger partial charge in [0.25, 0.3) is 5.91 Å². The Labute approximate surface area is 214 Å². The van der Waals surface area contributed by atoms with Gasteiger partial charge in [0.05, 0.1) is 39.9 Å². The van der Waals surface area contributed by atoms with Crippen molar-refractivity contribution in [3.8, 4) is 17.2 Å². The second-order valence-electron chi connectivity index (χ2n) is 8.46. The molecule has 0 radical (unpaired) electrons. The van der Waals surface area contributed by atoms with E-state index in [4.69, 9.17) is 18.9 Å². The third-order valence-electron chi connectivity index (χ3n) is 6.40. The summed E-state index contributed by atoms with van der Waals surface area (Å²) in [5.41, 5.74) is 2.07. The molecule has 4 rings (SSSR count). The molecule has 0 fully saturated rings. The number of hydrogen-bond donors (Lipinski definition) is 1. The van der Waals surface area contributed by atoms with E-state index in [9.17, 15) is 14.0 Å². The number of ether oxygens (including phenoxy) is 4. The number of carbonyl (C=O) groups excluding carboxylic acids is 2. The van der Waals surface area contributed by atoms with Crippen LogP contribution in [0.15, 0.2) is 60.7 Å². The van der Waals surface area contributed by atoms with Gasteiger partial charge in [-0.05, 0) is 29.3 Å². The maximum absolute atomic E-state index is 14.0. The van der Waals surface area contributed by atoms with Crippen LogP contribution in [0.2, 0.25) is 0 Å². The van der Waals surface area contributed by atoms with Crippen molar-refractivity contribution in [2.45, 2.75) is 12.0 Å². The number of methoxy groups -OCH3 is 4. The van der Waals surface area contributed by atoms with Crippen LogP contribution in [0, 0.1) is 5.82 Å². The highest BCUT2D eigenvalue weighted by Gasteiger charge is 2.44. The van der Waals surface area contributed by atoms with Crippen LogP contribution in [0.3, 0.4) is 0 Å². The monoisotopic (exact) mass is 508 g/mol. The van der Waals surface area contributed by atoms with Crippen LogP contribution in [-0.4, -0.2) is 58.3 Å². The van der Waals surface area contributed by atoms with Crippen molar-refractivity contribution in [3.63, 3.8) is 0 Å². The molecule has 1 heterocycles. The maximum Gasteiger partial charge on any atom is 0.254 e. The lowest BCUT2D eigenvalue weighted by Gasteiger charge is -2.41. The van der Waals surface area contributed by atoms with Crippen LogP contribution in [0.1, 0.15) is 33.4 Å². The standard InChI is InChI=1S/C28H29FN2O6/c1-34-14-13-31-25(17-9-11-18(29)12-10-17)24(20-7-5-6-8-21(20)28(31)33)27(32)30-19-15-22(35-2)26(37-4)23(16-19)36-3/h5-12,15-16,24-25H,13-14H2,1-4H3,(H,30,32)/t24-,25+/m1/s1. The zero-order valence-corrected chi connectivity index (χ0v) is 21.1. The third kappa shape index (κ3) is 5.08. The molecule has 2 amide bonds. The van der Waals surface area contributed by atoms with Gasteiger partial charge in [0.1, 0.15) is 5.82 Å². The van der Waals surface area contributed by atoms with Crippen LogP contribution >= 0.6 is 0 Å². The molecular formula is C28H29FN2O6. The molecule has 9 heteroatoms. The van der Waals surface area contributed by atoms with Crippen LogP contribution in [0.4, 0.5) is 10.1 Å². The van der Waals surface area contributed by atoms with Gasteiger partial charge in [0.2, 0.25) is 11.7 Å². The average molecular weight is 509 g/mol. The molecule has 1 aliphatic heterocycles. The van der Waals surface area contributed by atoms with Gasteiger partial charge in [-0.2, -0.15) is 0 Å². The minimum absolute atomic E-state index is 0.223. The SMILES string of the molecule is COCCN1C(=O)c2ccccc2[C@@H](C(=O)Nc2cc(OC)c(OC)c(OC)c2)[C@@H]1c1ccc(F)cc1. The van der Waals surface area contributed by atoms with Gasteiger partial charge in [0, 0.05) is 37.0 Å². The molecule has 8 nitrogen and oxygen atoms in total. The fourth-order valence-corrected chi connectivity index (χ4v) is 4.71. The number of nitrogens with zero attached hydrogens (tertiary/aromatic N) is 1. The lowest BCUT2D eigenvalue weighted by atomic mass is 9.79. The van der Waals surface area contributed by atoms with Crippen LogP contribution < -0.4 is 19.5 Å². The molecular weight excluding hydrogens is 479 g/mol. The van der Waals surface area contributed by atoms with Gasteiger partial charge in [-0.3, -0.25) is 9.59 Å². The minimum Gasteiger partial charge on any atom is -0.493 e. The van der Waals surface area contributed by atoms with Gasteiger partial charge >= 0.3 is 0 Å². The average Bonchev–Trinajstić information content (AvgIpc) is 2.92. The Morgan fingerprint density at radius 1 is 0.946 bits per heavy atom. The first-order chi connectivity index (χ1) is 17.9. The molecule has 0 bridgehead atoms. The Morgan fingerprint density at radius 3 is 2.19 bits per heavy atom. The number of amides is 2. The summed E-state index contributed by atoms with van der Waals surface area (Å²) in [4.78, 5) is 29.2. The summed E-state index contributed by atoms with van der Waals surface area (Å²) in [6, 6.07) is 15.4. The van der Waals surface area contributed by atoms with Crippen molar-refractivity contribution in [2.24, 2.45) is 0 Å². The first-order valence-electron chi connectivity index (χ1n) is 11.7. The Balaban J connectivity index is 1.82. The zero-order chi connectivity index (χ0) is 26.5. The second kappa shape index (κ2) is 11.3. The van der Waals surface area contributed by atoms with Gasteiger partial charge in [-0.1, -0.05) is 30.3 Å². The molecule has 2 atom stereocenters. The maximum atomic E-state index is 14.0. The number of rotatable bonds is 9. The summed E-state index contributed by atoms with van der Waals surface area (Å²) in [5, 5.41) is 2.96. The van der Waals surface area contributed by atoms with Gasteiger partial charge in [-0.15, -0.1) is 0 Å². The van der Waals surface area contributed by atoms with Gasteiger partial charge in [-0.25, -0.2) is 4.39 Å². The first kappa shape index (κ1) is 26.0. The van der Waals surface area contributed by atoms with E-state index in [1.807, 2.05) is 0 Å². The lowest BCUT2D eigenvalue weighted by Crippen LogP contribution is -2.47. The molecule has 3 aromatic carbocycles. The summed E-state index contributed by atoms with van der Waals surface area (Å²) in [7, 11) is 6.02. The number of benzene rings is 3. The molecule has 0 saturated heterocycles. The molecule has 1 N–H and O–H groups in total. The number of hydrogen-bond acceptors (Lipinski definition) is 6. The Kier molecular flexibility index (Phi) is 7.93. The smallest absolute Gasteiger partial charge is 0.254 e. The van der Waals surface area contributed by atoms with Crippen molar-refractivity contribution < 1.29 is 32.9 Å². The third-order valence-corrected chi connectivity index (χ3v) is 6.40. The van der Waals surface area contributed by atoms with E-state index in [0.717, 1.165) is 0 Å². The molecule has 37 heavy (non-hydrogen) atoms. The molecule has 3 aromatic rings. The number of fused-ring (bicyclic) bond motifs is 1. The second-order valence-corrected chi connectivity index (χ2v) is 8.46. The normalized spacial score (nSPS) is 16.7. The predicted octanol–water partition coefficient (Wildman–Crippen LogP) is 4.42. The van der Waals surface area contributed by atoms with Crippen molar-refractivity contribution in [1.29, 1.82) is 0 Å². The fourth-order valence-electron chi connectivity index (χ4n) is 4.71. The van der Waals surface area contributed by atoms with E-state index < -0.39 is 17.8 Å². The van der Waals surface area contributed by atoms with Crippen LogP contribution in [0.25, 0.3) is 0 Å². The van der Waals surface area contributed by atoms with Crippen molar-refractivity contribution in [2.75, 3.05) is 46.9 Å². The van der Waals surface area contributed by atoms with E-state index in [0.29, 0.717) is 39.6 Å². The highest BCUT2D eigenvalue weighted by atomic mass is 19.1. The zero-order valence-electron chi connectivity index (χ0n) is 21.1. The quantitative estimate of drug-likeness (QED) is 0.461. The minimum atomic E-state index is -0.796. The predicted molar refractivity (Wildman–Crippen MR) is 136 cm³/mol. The molecule has 0 spiro atoms. The van der Waals surface area contributed by atoms with Crippen molar-refractivity contribution in [3.05, 3.63) is 83.2 Å². The Hall–Kier alpha value is -4.11. The molecule has 0 unspecified atom stereocenters. The molecule has 194 valence electrons. The Morgan fingerprint density at radius 2 is 1.59 bits per heavy atom. The summed E-state index contributed by atoms with van der Waals surface area (Å²) >= 11 is 0. The summed E-state index contributed by atoms with van der Waals surface area (Å²) in [6.07, 6.45) is 0. The summed E-state index contributed by atoms with van der Waals surface area (Å²) in [5.74, 6) is -0.624. The molecule has 0 saturated carbocycles. The van der Waals surface area contributed by atoms with E-state index >= 15 is 0 Å². The van der Waals surface area contributed by atoms with E-state index in [-0.39, 0.29) is 25.0 Å². The fraction of sp³-hybridized carbons (Fsp3) is 0.286. The van der Waals surface area contributed by atoms with Crippen LogP contribution in [0.5, 0.6) is 17.2 Å². The molecule has 1 aliphatic rings. The summed E-state index contributed by atoms with van der Waals surface area (Å²) in [6.45, 7) is 0.520. The number of carbonyl (C=O) groups is 2.